The maximum atomic E-state index is 14.3. The number of rotatable bonds is 14. The Hall–Kier alpha value is -3.55. The zero-order valence-corrected chi connectivity index (χ0v) is 36.9. The molecule has 294 valence electrons. The smallest absolute Gasteiger partial charge is 0.261 e. The van der Waals surface area contributed by atoms with E-state index in [1.807, 2.05) is 29.6 Å². The number of thiophene rings is 1. The van der Waals surface area contributed by atoms with E-state index in [9.17, 15) is 14.7 Å². The van der Waals surface area contributed by atoms with E-state index in [-0.39, 0.29) is 34.6 Å². The summed E-state index contributed by atoms with van der Waals surface area (Å²) >= 11 is 3.71. The van der Waals surface area contributed by atoms with Gasteiger partial charge in [0, 0.05) is 10.8 Å². The number of hydrogen-bond acceptors (Lipinski definition) is 7. The van der Waals surface area contributed by atoms with Gasteiger partial charge < -0.3 is 19.0 Å². The summed E-state index contributed by atoms with van der Waals surface area (Å²) in [7, 11) is -1.33. The first-order valence-corrected chi connectivity index (χ1v) is 23.6. The second-order valence-electron chi connectivity index (χ2n) is 16.3. The standard InChI is InChI=1S/C46H52INO6SSi/c1-6-14-30(23-31-24-38(47)43(49)40(25-31)52-5)20-21-39-41-32(26-36-42(37(41)29-53-39)45(51)48(44(36)50)27-33-15-13-22-55-33)28-54-56(46(2,3)4,34-16-9-7-10-17-34)35-18-11-8-12-19-35/h7-13,15-19,22-25,36-37,39,42,49H,6,14,20-21,26-29H2,1-5H3/b30-23+/t36-,37+,39-,42-/m1/s1. The summed E-state index contributed by atoms with van der Waals surface area (Å²) in [6, 6.07) is 29.1. The summed E-state index contributed by atoms with van der Waals surface area (Å²) in [6.45, 7) is 10.1. The Balaban J connectivity index is 1.26. The van der Waals surface area contributed by atoms with Crippen LogP contribution in [-0.2, 0) is 25.3 Å². The average Bonchev–Trinajstić information content (AvgIpc) is 3.92. The zero-order valence-electron chi connectivity index (χ0n) is 32.9. The highest BCUT2D eigenvalue weighted by Crippen LogP contribution is 2.51. The molecular weight excluding hydrogens is 850 g/mol. The third-order valence-electron chi connectivity index (χ3n) is 11.8. The van der Waals surface area contributed by atoms with Crippen LogP contribution in [0.1, 0.15) is 70.2 Å². The van der Waals surface area contributed by atoms with Gasteiger partial charge in [-0.3, -0.25) is 14.5 Å². The number of carbonyl (C=O) groups is 2. The van der Waals surface area contributed by atoms with E-state index in [1.165, 1.54) is 26.4 Å². The predicted molar refractivity (Wildman–Crippen MR) is 235 cm³/mol. The minimum absolute atomic E-state index is 0.0745. The molecule has 0 saturated carbocycles. The summed E-state index contributed by atoms with van der Waals surface area (Å²) in [5.74, 6) is -0.590. The molecule has 2 saturated heterocycles. The monoisotopic (exact) mass is 901 g/mol. The number of hydrogen-bond donors (Lipinski definition) is 1. The van der Waals surface area contributed by atoms with Gasteiger partial charge in [0.25, 0.3) is 8.32 Å². The molecule has 3 aliphatic rings. The van der Waals surface area contributed by atoms with Crippen LogP contribution in [0.5, 0.6) is 11.5 Å². The number of phenols is 1. The van der Waals surface area contributed by atoms with Crippen molar-refractivity contribution in [1.29, 1.82) is 0 Å². The molecular formula is C46H52INO6SSi. The first-order chi connectivity index (χ1) is 27.0. The fraction of sp³-hybridized carbons (Fsp3) is 0.391. The summed E-state index contributed by atoms with van der Waals surface area (Å²) in [6.07, 6.45) is 5.99. The number of allylic oxidation sites excluding steroid dienone is 1. The number of methoxy groups -OCH3 is 1. The van der Waals surface area contributed by atoms with Crippen molar-refractivity contribution in [3.05, 3.63) is 121 Å². The number of halogens is 1. The number of amides is 2. The lowest BCUT2D eigenvalue weighted by molar-refractivity contribution is -0.140. The van der Waals surface area contributed by atoms with Gasteiger partial charge >= 0.3 is 0 Å². The topological polar surface area (TPSA) is 85.3 Å². The Morgan fingerprint density at radius 3 is 2.29 bits per heavy atom. The number of carbonyl (C=O) groups excluding carboxylic acids is 2. The zero-order chi connectivity index (χ0) is 39.6. The Bertz CT molecular complexity index is 2060. The molecule has 10 heteroatoms. The highest BCUT2D eigenvalue weighted by molar-refractivity contribution is 14.1. The molecule has 2 fully saturated rings. The van der Waals surface area contributed by atoms with Crippen molar-refractivity contribution in [2.75, 3.05) is 20.3 Å². The number of likely N-dealkylation sites (tertiary alicyclic amines) is 1. The van der Waals surface area contributed by atoms with Crippen molar-refractivity contribution < 1.29 is 28.6 Å². The van der Waals surface area contributed by atoms with Crippen LogP contribution in [0, 0.1) is 21.3 Å². The van der Waals surface area contributed by atoms with Crippen molar-refractivity contribution in [3.63, 3.8) is 0 Å². The third-order valence-corrected chi connectivity index (χ3v) is 18.5. The maximum Gasteiger partial charge on any atom is 0.261 e. The van der Waals surface area contributed by atoms with Crippen LogP contribution in [0.4, 0.5) is 0 Å². The van der Waals surface area contributed by atoms with Gasteiger partial charge in [-0.15, -0.1) is 11.3 Å². The van der Waals surface area contributed by atoms with Gasteiger partial charge in [-0.2, -0.15) is 0 Å². The molecule has 4 atom stereocenters. The highest BCUT2D eigenvalue weighted by Gasteiger charge is 2.58. The summed E-state index contributed by atoms with van der Waals surface area (Å²) < 4.78 is 20.5. The number of nitrogens with zero attached hydrogens (tertiary/aromatic N) is 1. The van der Waals surface area contributed by atoms with Crippen LogP contribution in [0.3, 0.4) is 0 Å². The largest absolute Gasteiger partial charge is 0.504 e. The minimum atomic E-state index is -2.90. The number of fused-ring (bicyclic) bond motifs is 3. The van der Waals surface area contributed by atoms with E-state index in [1.54, 1.807) is 18.4 Å². The molecule has 0 spiro atoms. The normalized spacial score (nSPS) is 21.5. The molecule has 0 unspecified atom stereocenters. The van der Waals surface area contributed by atoms with Gasteiger partial charge in [0.15, 0.2) is 11.5 Å². The fourth-order valence-electron chi connectivity index (χ4n) is 9.32. The average molecular weight is 902 g/mol. The van der Waals surface area contributed by atoms with Crippen LogP contribution in [-0.4, -0.2) is 56.6 Å². The summed E-state index contributed by atoms with van der Waals surface area (Å²) in [4.78, 5) is 31.0. The van der Waals surface area contributed by atoms with Gasteiger partial charge in [0.2, 0.25) is 11.8 Å². The lowest BCUT2D eigenvalue weighted by Gasteiger charge is -2.44. The summed E-state index contributed by atoms with van der Waals surface area (Å²) in [5.41, 5.74) is 4.55. The number of phenolic OH excluding ortho intramolecular Hbond substituents is 1. The molecule has 2 aliphatic heterocycles. The number of ether oxygens (including phenoxy) is 2. The first-order valence-electron chi connectivity index (χ1n) is 19.7. The van der Waals surface area contributed by atoms with Gasteiger partial charge in [-0.25, -0.2) is 0 Å². The minimum Gasteiger partial charge on any atom is -0.504 e. The van der Waals surface area contributed by atoms with E-state index in [2.05, 4.69) is 117 Å². The highest BCUT2D eigenvalue weighted by atomic mass is 127. The van der Waals surface area contributed by atoms with Gasteiger partial charge in [0.05, 0.1) is 48.4 Å². The van der Waals surface area contributed by atoms with Gasteiger partial charge in [0.1, 0.15) is 0 Å². The molecule has 3 heterocycles. The van der Waals surface area contributed by atoms with Crippen molar-refractivity contribution in [2.45, 2.75) is 77.5 Å². The van der Waals surface area contributed by atoms with Crippen molar-refractivity contribution in [1.82, 2.24) is 4.90 Å². The molecule has 1 N–H and O–H groups in total. The number of benzene rings is 3. The van der Waals surface area contributed by atoms with E-state index in [4.69, 9.17) is 13.9 Å². The van der Waals surface area contributed by atoms with E-state index in [0.717, 1.165) is 45.3 Å². The summed E-state index contributed by atoms with van der Waals surface area (Å²) in [5, 5.41) is 14.6. The van der Waals surface area contributed by atoms with Crippen LogP contribution < -0.4 is 15.1 Å². The number of imide groups is 1. The third kappa shape index (κ3) is 7.84. The molecule has 1 aliphatic carbocycles. The maximum absolute atomic E-state index is 14.3. The molecule has 7 rings (SSSR count). The molecule has 0 radical (unpaired) electrons. The van der Waals surface area contributed by atoms with E-state index >= 15 is 0 Å². The molecule has 7 nitrogen and oxygen atoms in total. The Kier molecular flexibility index (Phi) is 12.4. The molecule has 1 aromatic heterocycles. The van der Waals surface area contributed by atoms with Crippen LogP contribution in [0.15, 0.2) is 107 Å². The van der Waals surface area contributed by atoms with Gasteiger partial charge in [-0.1, -0.05) is 112 Å². The number of aromatic hydroxyl groups is 1. The van der Waals surface area contributed by atoms with Crippen molar-refractivity contribution in [2.24, 2.45) is 17.8 Å². The van der Waals surface area contributed by atoms with Crippen LogP contribution in [0.25, 0.3) is 6.08 Å². The molecule has 2 amide bonds. The lowest BCUT2D eigenvalue weighted by Crippen LogP contribution is -2.66. The SMILES string of the molecule is CCC/C(=C\c1cc(I)c(O)c(OC)c1)CC[C@H]1OC[C@H]2C1=C(CO[Si](c1ccccc1)(c1ccccc1)C(C)(C)C)C[C@H]1C(=O)N(Cc3cccs3)C(=O)[C@H]12. The molecule has 0 bridgehead atoms. The molecule has 3 aromatic carbocycles. The Morgan fingerprint density at radius 2 is 1.68 bits per heavy atom. The fourth-order valence-corrected chi connectivity index (χ4v) is 15.2. The quantitative estimate of drug-likeness (QED) is 0.0589. The lowest BCUT2D eigenvalue weighted by atomic mass is 9.69. The van der Waals surface area contributed by atoms with Crippen molar-refractivity contribution >= 4 is 70.5 Å². The molecule has 56 heavy (non-hydrogen) atoms. The van der Waals surface area contributed by atoms with E-state index in [0.29, 0.717) is 31.9 Å². The predicted octanol–water partition coefficient (Wildman–Crippen LogP) is 9.12. The van der Waals surface area contributed by atoms with Crippen molar-refractivity contribution in [3.8, 4) is 11.5 Å². The second kappa shape index (κ2) is 17.1. The Labute approximate surface area is 350 Å². The van der Waals surface area contributed by atoms with Crippen LogP contribution in [0.2, 0.25) is 5.04 Å². The van der Waals surface area contributed by atoms with Gasteiger partial charge in [-0.05, 0) is 104 Å². The van der Waals surface area contributed by atoms with E-state index < -0.39 is 20.2 Å². The first kappa shape index (κ1) is 40.6. The second-order valence-corrected chi connectivity index (χ2v) is 22.8. The van der Waals surface area contributed by atoms with Crippen LogP contribution >= 0.6 is 33.9 Å². The Morgan fingerprint density at radius 1 is 0.982 bits per heavy atom. The molecule has 4 aromatic rings.